The number of para-hydroxylation sites is 1. The summed E-state index contributed by atoms with van der Waals surface area (Å²) in [4.78, 5) is 11.5. The molecule has 0 spiro atoms. The molecule has 0 bridgehead atoms. The van der Waals surface area contributed by atoms with Crippen LogP contribution in [0.5, 0.6) is 5.75 Å². The molecule has 0 N–H and O–H groups in total. The normalized spacial score (nSPS) is 16.6. The third-order valence-electron chi connectivity index (χ3n) is 3.95. The van der Waals surface area contributed by atoms with Gasteiger partial charge >= 0.3 is 0 Å². The van der Waals surface area contributed by atoms with Crippen molar-refractivity contribution in [3.05, 3.63) is 29.8 Å². The van der Waals surface area contributed by atoms with Gasteiger partial charge in [-0.2, -0.15) is 0 Å². The molecule has 0 unspecified atom stereocenters. The minimum Gasteiger partial charge on any atom is -0.492 e. The third-order valence-corrected chi connectivity index (χ3v) is 6.17. The highest BCUT2D eigenvalue weighted by Crippen LogP contribution is 2.24. The van der Waals surface area contributed by atoms with Gasteiger partial charge in [-0.05, 0) is 31.9 Å². The van der Waals surface area contributed by atoms with Crippen LogP contribution < -0.4 is 4.74 Å². The van der Waals surface area contributed by atoms with Crippen LogP contribution in [0.2, 0.25) is 0 Å². The molecule has 0 aliphatic heterocycles. The molecule has 0 amide bonds. The van der Waals surface area contributed by atoms with Crippen molar-refractivity contribution in [3.8, 4) is 5.75 Å². The summed E-state index contributed by atoms with van der Waals surface area (Å²) >= 11 is 0. The first-order chi connectivity index (χ1) is 10.0. The lowest BCUT2D eigenvalue weighted by Gasteiger charge is -2.21. The van der Waals surface area contributed by atoms with Crippen LogP contribution >= 0.6 is 0 Å². The van der Waals surface area contributed by atoms with Gasteiger partial charge in [0.15, 0.2) is 15.6 Å². The van der Waals surface area contributed by atoms with E-state index in [0.29, 0.717) is 11.3 Å². The fourth-order valence-corrected chi connectivity index (χ4v) is 4.44. The molecule has 0 aromatic heterocycles. The number of ether oxygens (including phenoxy) is 1. The van der Waals surface area contributed by atoms with Crippen molar-refractivity contribution in [1.29, 1.82) is 0 Å². The van der Waals surface area contributed by atoms with Gasteiger partial charge in [-0.15, -0.1) is 0 Å². The molecular weight excluding hydrogens is 288 g/mol. The molecule has 2 rings (SSSR count). The van der Waals surface area contributed by atoms with Crippen LogP contribution in [0.3, 0.4) is 0 Å². The quantitative estimate of drug-likeness (QED) is 0.758. The molecule has 1 aromatic carbocycles. The average molecular weight is 310 g/mol. The molecule has 1 aliphatic carbocycles. The molecule has 1 aliphatic rings. The van der Waals surface area contributed by atoms with Crippen molar-refractivity contribution in [2.45, 2.75) is 44.3 Å². The lowest BCUT2D eigenvalue weighted by molar-refractivity contribution is 0.101. The number of rotatable bonds is 6. The van der Waals surface area contributed by atoms with Crippen LogP contribution in [0.1, 0.15) is 49.4 Å². The van der Waals surface area contributed by atoms with Crippen molar-refractivity contribution >= 4 is 15.6 Å². The Morgan fingerprint density at radius 1 is 1.19 bits per heavy atom. The number of benzene rings is 1. The van der Waals surface area contributed by atoms with Crippen LogP contribution in [0.15, 0.2) is 24.3 Å². The van der Waals surface area contributed by atoms with Gasteiger partial charge in [0.1, 0.15) is 12.4 Å². The number of sulfone groups is 1. The predicted molar refractivity (Wildman–Crippen MR) is 82.6 cm³/mol. The minimum absolute atomic E-state index is 0.0178. The molecule has 0 radical (unpaired) electrons. The zero-order valence-electron chi connectivity index (χ0n) is 12.4. The van der Waals surface area contributed by atoms with E-state index in [1.165, 1.54) is 6.92 Å². The maximum atomic E-state index is 12.2. The minimum atomic E-state index is -3.10. The van der Waals surface area contributed by atoms with E-state index in [1.807, 2.05) is 0 Å². The fourth-order valence-electron chi connectivity index (χ4n) is 2.74. The topological polar surface area (TPSA) is 60.4 Å². The van der Waals surface area contributed by atoms with E-state index in [4.69, 9.17) is 4.74 Å². The largest absolute Gasteiger partial charge is 0.492 e. The molecule has 116 valence electrons. The highest BCUT2D eigenvalue weighted by atomic mass is 32.2. The van der Waals surface area contributed by atoms with E-state index in [0.717, 1.165) is 32.1 Å². The van der Waals surface area contributed by atoms with Gasteiger partial charge < -0.3 is 4.74 Å². The van der Waals surface area contributed by atoms with Gasteiger partial charge in [0.05, 0.1) is 16.6 Å². The van der Waals surface area contributed by atoms with Crippen LogP contribution in [-0.2, 0) is 9.84 Å². The molecule has 5 heteroatoms. The first-order valence-electron chi connectivity index (χ1n) is 7.45. The summed E-state index contributed by atoms with van der Waals surface area (Å²) in [6, 6.07) is 6.93. The second kappa shape index (κ2) is 7.07. The Morgan fingerprint density at radius 2 is 1.86 bits per heavy atom. The van der Waals surface area contributed by atoms with E-state index < -0.39 is 9.84 Å². The Bertz CT molecular complexity index is 586. The molecule has 1 saturated carbocycles. The molecular formula is C16H22O4S. The summed E-state index contributed by atoms with van der Waals surface area (Å²) in [7, 11) is -3.10. The Hall–Kier alpha value is -1.36. The number of carbonyl (C=O) groups is 1. The van der Waals surface area contributed by atoms with E-state index in [9.17, 15) is 13.2 Å². The van der Waals surface area contributed by atoms with Gasteiger partial charge in [0.25, 0.3) is 0 Å². The van der Waals surface area contributed by atoms with E-state index in [-0.39, 0.29) is 23.4 Å². The van der Waals surface area contributed by atoms with E-state index in [2.05, 4.69) is 0 Å². The van der Waals surface area contributed by atoms with Crippen LogP contribution in [-0.4, -0.2) is 31.8 Å². The highest BCUT2D eigenvalue weighted by molar-refractivity contribution is 7.92. The Balaban J connectivity index is 1.93. The van der Waals surface area contributed by atoms with Gasteiger partial charge in [-0.3, -0.25) is 4.79 Å². The van der Waals surface area contributed by atoms with Gasteiger partial charge in [0.2, 0.25) is 0 Å². The average Bonchev–Trinajstić information content (AvgIpc) is 2.48. The van der Waals surface area contributed by atoms with E-state index >= 15 is 0 Å². The lowest BCUT2D eigenvalue weighted by atomic mass is 10.0. The summed E-state index contributed by atoms with van der Waals surface area (Å²) in [6.45, 7) is 1.57. The zero-order valence-corrected chi connectivity index (χ0v) is 13.2. The zero-order chi connectivity index (χ0) is 15.3. The lowest BCUT2D eigenvalue weighted by Crippen LogP contribution is -2.28. The maximum absolute atomic E-state index is 12.2. The second-order valence-corrected chi connectivity index (χ2v) is 7.93. The first-order valence-corrected chi connectivity index (χ1v) is 9.16. The smallest absolute Gasteiger partial charge is 0.163 e. The maximum Gasteiger partial charge on any atom is 0.163 e. The van der Waals surface area contributed by atoms with Crippen molar-refractivity contribution < 1.29 is 17.9 Å². The fraction of sp³-hybridized carbons (Fsp3) is 0.562. The summed E-state index contributed by atoms with van der Waals surface area (Å²) in [5, 5.41) is -0.210. The molecule has 4 nitrogen and oxygen atoms in total. The van der Waals surface area contributed by atoms with Crippen LogP contribution in [0.25, 0.3) is 0 Å². The number of hydrogen-bond acceptors (Lipinski definition) is 4. The number of ketones is 1. The van der Waals surface area contributed by atoms with Crippen LogP contribution in [0.4, 0.5) is 0 Å². The third kappa shape index (κ3) is 4.30. The predicted octanol–water partition coefficient (Wildman–Crippen LogP) is 3.02. The number of hydrogen-bond donors (Lipinski definition) is 0. The number of Topliss-reactive ketones (excluding diaryl/α,β-unsaturated/α-hetero) is 1. The first kappa shape index (κ1) is 16.0. The Morgan fingerprint density at radius 3 is 2.52 bits per heavy atom. The molecule has 21 heavy (non-hydrogen) atoms. The number of carbonyl (C=O) groups excluding carboxylic acids is 1. The van der Waals surface area contributed by atoms with Crippen LogP contribution in [0, 0.1) is 0 Å². The standard InChI is InChI=1S/C16H22O4S/c1-13(17)15-9-5-6-10-16(15)20-11-12-21(18,19)14-7-3-2-4-8-14/h5-6,9-10,14H,2-4,7-8,11-12H2,1H3. The summed E-state index contributed by atoms with van der Waals surface area (Å²) < 4.78 is 30.0. The van der Waals surface area contributed by atoms with Gasteiger partial charge in [-0.1, -0.05) is 31.4 Å². The molecule has 0 atom stereocenters. The Kier molecular flexibility index (Phi) is 5.39. The summed E-state index contributed by atoms with van der Waals surface area (Å²) in [5.74, 6) is 0.397. The van der Waals surface area contributed by atoms with E-state index in [1.54, 1.807) is 24.3 Å². The summed E-state index contributed by atoms with van der Waals surface area (Å²) in [6.07, 6.45) is 4.67. The molecule has 0 heterocycles. The molecule has 1 fully saturated rings. The van der Waals surface area contributed by atoms with Crippen molar-refractivity contribution in [3.63, 3.8) is 0 Å². The Labute approximate surface area is 126 Å². The van der Waals surface area contributed by atoms with Crippen molar-refractivity contribution in [2.24, 2.45) is 0 Å². The highest BCUT2D eigenvalue weighted by Gasteiger charge is 2.27. The second-order valence-electron chi connectivity index (χ2n) is 5.53. The SMILES string of the molecule is CC(=O)c1ccccc1OCCS(=O)(=O)C1CCCCC1. The van der Waals surface area contributed by atoms with Crippen molar-refractivity contribution in [2.75, 3.05) is 12.4 Å². The molecule has 0 saturated heterocycles. The van der Waals surface area contributed by atoms with Gasteiger partial charge in [-0.25, -0.2) is 8.42 Å². The summed E-state index contributed by atoms with van der Waals surface area (Å²) in [5.41, 5.74) is 0.493. The molecule has 1 aromatic rings. The van der Waals surface area contributed by atoms with Gasteiger partial charge in [0, 0.05) is 0 Å². The van der Waals surface area contributed by atoms with Crippen molar-refractivity contribution in [1.82, 2.24) is 0 Å². The monoisotopic (exact) mass is 310 g/mol.